The smallest absolute Gasteiger partial charge is 0.303 e. The number of fused-ring (bicyclic) bond motifs is 3. The number of aryl methyl sites for hydroxylation is 1. The van der Waals surface area contributed by atoms with E-state index >= 15 is 0 Å². The zero-order valence-corrected chi connectivity index (χ0v) is 17.0. The number of rotatable bonds is 6. The maximum atomic E-state index is 12.5. The third-order valence-electron chi connectivity index (χ3n) is 5.16. The number of nitrogens with one attached hydrogen (secondary N) is 2. The lowest BCUT2D eigenvalue weighted by Crippen LogP contribution is -2.06. The first-order valence-electron chi connectivity index (χ1n) is 9.42. The number of pyridine rings is 1. The van der Waals surface area contributed by atoms with Crippen molar-refractivity contribution >= 4 is 37.6 Å². The molecular formula is C22H20N2O5S. The number of hydrogen-bond donors (Lipinski definition) is 3. The van der Waals surface area contributed by atoms with Crippen LogP contribution in [-0.4, -0.2) is 35.7 Å². The van der Waals surface area contributed by atoms with Gasteiger partial charge in [0.1, 0.15) is 5.52 Å². The van der Waals surface area contributed by atoms with Crippen molar-refractivity contribution in [2.75, 3.05) is 6.26 Å². The van der Waals surface area contributed by atoms with Gasteiger partial charge >= 0.3 is 5.97 Å². The van der Waals surface area contributed by atoms with Gasteiger partial charge in [0.2, 0.25) is 0 Å². The van der Waals surface area contributed by atoms with Crippen LogP contribution in [0.25, 0.3) is 32.9 Å². The van der Waals surface area contributed by atoms with Crippen molar-refractivity contribution in [2.24, 2.45) is 0 Å². The van der Waals surface area contributed by atoms with Crippen molar-refractivity contribution in [3.63, 3.8) is 0 Å². The van der Waals surface area contributed by atoms with Crippen molar-refractivity contribution in [2.45, 2.75) is 24.2 Å². The summed E-state index contributed by atoms with van der Waals surface area (Å²) in [5.41, 5.74) is 3.31. The summed E-state index contributed by atoms with van der Waals surface area (Å²) >= 11 is 0. The molecule has 8 heteroatoms. The van der Waals surface area contributed by atoms with Crippen molar-refractivity contribution in [3.05, 3.63) is 64.6 Å². The van der Waals surface area contributed by atoms with E-state index in [1.54, 1.807) is 30.5 Å². The molecule has 4 rings (SSSR count). The Morgan fingerprint density at radius 2 is 1.87 bits per heavy atom. The molecule has 0 fully saturated rings. The Morgan fingerprint density at radius 1 is 1.10 bits per heavy atom. The number of benzene rings is 2. The number of aromatic nitrogens is 2. The van der Waals surface area contributed by atoms with Crippen LogP contribution in [0, 0.1) is 0 Å². The fraction of sp³-hybridized carbons (Fsp3) is 0.182. The number of aliphatic carboxylic acids is 1. The summed E-state index contributed by atoms with van der Waals surface area (Å²) in [4.78, 5) is 29.4. The van der Waals surface area contributed by atoms with Gasteiger partial charge in [0.05, 0.1) is 4.90 Å². The van der Waals surface area contributed by atoms with Crippen LogP contribution in [0.4, 0.5) is 0 Å². The predicted octanol–water partition coefficient (Wildman–Crippen LogP) is 3.49. The molecule has 154 valence electrons. The Kier molecular flexibility index (Phi) is 4.95. The zero-order chi connectivity index (χ0) is 21.5. The molecule has 0 aliphatic rings. The van der Waals surface area contributed by atoms with Crippen molar-refractivity contribution in [1.29, 1.82) is 0 Å². The van der Waals surface area contributed by atoms with E-state index in [-0.39, 0.29) is 16.9 Å². The molecule has 3 N–H and O–H groups in total. The summed E-state index contributed by atoms with van der Waals surface area (Å²) in [6.45, 7) is 0. The summed E-state index contributed by atoms with van der Waals surface area (Å²) < 4.78 is 23.8. The first-order valence-corrected chi connectivity index (χ1v) is 11.3. The zero-order valence-electron chi connectivity index (χ0n) is 16.2. The van der Waals surface area contributed by atoms with Gasteiger partial charge in [-0.2, -0.15) is 0 Å². The lowest BCUT2D eigenvalue weighted by Gasteiger charge is -2.08. The lowest BCUT2D eigenvalue weighted by molar-refractivity contribution is -0.137. The topological polar surface area (TPSA) is 120 Å². The van der Waals surface area contributed by atoms with Gasteiger partial charge in [-0.15, -0.1) is 0 Å². The van der Waals surface area contributed by atoms with Gasteiger partial charge in [-0.25, -0.2) is 8.42 Å². The van der Waals surface area contributed by atoms with E-state index in [0.29, 0.717) is 23.9 Å². The lowest BCUT2D eigenvalue weighted by atomic mass is 9.99. The number of carboxylic acid groups (broad SMARTS) is 1. The second kappa shape index (κ2) is 7.46. The van der Waals surface area contributed by atoms with Gasteiger partial charge in [-0.1, -0.05) is 18.2 Å². The average molecular weight is 424 g/mol. The van der Waals surface area contributed by atoms with E-state index < -0.39 is 15.8 Å². The first kappa shape index (κ1) is 19.9. The van der Waals surface area contributed by atoms with Crippen LogP contribution in [0.5, 0.6) is 0 Å². The molecule has 30 heavy (non-hydrogen) atoms. The maximum Gasteiger partial charge on any atom is 0.303 e. The minimum atomic E-state index is -3.33. The Labute approximate surface area is 172 Å². The van der Waals surface area contributed by atoms with E-state index in [9.17, 15) is 18.0 Å². The van der Waals surface area contributed by atoms with Crippen LogP contribution in [0.2, 0.25) is 0 Å². The third-order valence-corrected chi connectivity index (χ3v) is 6.27. The molecule has 0 saturated heterocycles. The van der Waals surface area contributed by atoms with Crippen LogP contribution in [-0.2, 0) is 21.1 Å². The molecule has 0 aliphatic carbocycles. The second-order valence-corrected chi connectivity index (χ2v) is 9.34. The molecular weight excluding hydrogens is 404 g/mol. The van der Waals surface area contributed by atoms with Crippen LogP contribution < -0.4 is 5.56 Å². The minimum Gasteiger partial charge on any atom is -0.481 e. The summed E-state index contributed by atoms with van der Waals surface area (Å²) in [6, 6.07) is 12.3. The normalized spacial score (nSPS) is 11.9. The molecule has 4 aromatic rings. The second-order valence-electron chi connectivity index (χ2n) is 7.33. The largest absolute Gasteiger partial charge is 0.481 e. The summed E-state index contributed by atoms with van der Waals surface area (Å²) in [6.07, 6.45) is 3.96. The van der Waals surface area contributed by atoms with Crippen molar-refractivity contribution < 1.29 is 18.3 Å². The molecule has 0 unspecified atom stereocenters. The van der Waals surface area contributed by atoms with Gasteiger partial charge in [-0.3, -0.25) is 9.59 Å². The Hall–Kier alpha value is -3.39. The fourth-order valence-corrected chi connectivity index (χ4v) is 4.38. The number of carbonyl (C=O) groups is 1. The number of carboxylic acids is 1. The van der Waals surface area contributed by atoms with Gasteiger partial charge < -0.3 is 15.1 Å². The summed E-state index contributed by atoms with van der Waals surface area (Å²) in [7, 11) is -3.33. The highest BCUT2D eigenvalue weighted by Gasteiger charge is 2.14. The molecule has 0 atom stereocenters. The number of hydrogen-bond acceptors (Lipinski definition) is 4. The van der Waals surface area contributed by atoms with E-state index in [2.05, 4.69) is 9.97 Å². The Morgan fingerprint density at radius 3 is 2.60 bits per heavy atom. The van der Waals surface area contributed by atoms with Gasteiger partial charge in [0, 0.05) is 35.2 Å². The average Bonchev–Trinajstić information content (AvgIpc) is 3.12. The molecule has 0 spiro atoms. The molecule has 0 aliphatic heterocycles. The van der Waals surface area contributed by atoms with E-state index in [4.69, 9.17) is 5.11 Å². The van der Waals surface area contributed by atoms with E-state index in [0.717, 1.165) is 27.5 Å². The van der Waals surface area contributed by atoms with Crippen LogP contribution >= 0.6 is 0 Å². The molecule has 2 heterocycles. The van der Waals surface area contributed by atoms with Crippen LogP contribution in [0.1, 0.15) is 18.4 Å². The van der Waals surface area contributed by atoms with Gasteiger partial charge in [0.25, 0.3) is 5.56 Å². The Bertz CT molecular complexity index is 1450. The SMILES string of the molecule is CS(=O)(=O)c1cccc(-c2ccc3[nH]c(=O)c4[nH]cc(CCCC(=O)O)c4c3c2)c1. The standard InChI is InChI=1S/C22H20N2O5S/c1-30(28,29)16-6-2-4-13(10-16)14-8-9-18-17(11-14)20-15(5-3-7-19(25)26)12-23-21(20)22(27)24-18/h2,4,6,8-12,23H,3,5,7H2,1H3,(H,24,27)(H,25,26). The van der Waals surface area contributed by atoms with Crippen LogP contribution in [0.15, 0.2) is 58.4 Å². The summed E-state index contributed by atoms with van der Waals surface area (Å²) in [5.74, 6) is -0.856. The highest BCUT2D eigenvalue weighted by atomic mass is 32.2. The number of H-pyrrole nitrogens is 2. The monoisotopic (exact) mass is 424 g/mol. The van der Waals surface area contributed by atoms with Crippen LogP contribution in [0.3, 0.4) is 0 Å². The molecule has 0 amide bonds. The number of sulfone groups is 1. The van der Waals surface area contributed by atoms with E-state index in [1.165, 1.54) is 6.26 Å². The van der Waals surface area contributed by atoms with Gasteiger partial charge in [0.15, 0.2) is 9.84 Å². The third kappa shape index (κ3) is 3.73. The molecule has 0 bridgehead atoms. The quantitative estimate of drug-likeness (QED) is 0.438. The molecule has 0 radical (unpaired) electrons. The highest BCUT2D eigenvalue weighted by Crippen LogP contribution is 2.30. The fourth-order valence-electron chi connectivity index (χ4n) is 3.71. The molecule has 0 saturated carbocycles. The predicted molar refractivity (Wildman–Crippen MR) is 116 cm³/mol. The van der Waals surface area contributed by atoms with Crippen molar-refractivity contribution in [1.82, 2.24) is 9.97 Å². The number of aromatic amines is 2. The van der Waals surface area contributed by atoms with Gasteiger partial charge in [-0.05, 0) is 53.8 Å². The molecule has 2 aromatic carbocycles. The molecule has 2 aromatic heterocycles. The maximum absolute atomic E-state index is 12.5. The first-order chi connectivity index (χ1) is 14.2. The Balaban J connectivity index is 1.88. The highest BCUT2D eigenvalue weighted by molar-refractivity contribution is 7.90. The van der Waals surface area contributed by atoms with E-state index in [1.807, 2.05) is 18.2 Å². The summed E-state index contributed by atoms with van der Waals surface area (Å²) in [5, 5.41) is 10.5. The minimum absolute atomic E-state index is 0.0529. The van der Waals surface area contributed by atoms with Crippen molar-refractivity contribution in [3.8, 4) is 11.1 Å². The molecule has 7 nitrogen and oxygen atoms in total.